The zero-order chi connectivity index (χ0) is 13.4. The Bertz CT molecular complexity index is 627. The van der Waals surface area contributed by atoms with E-state index in [1.165, 1.54) is 0 Å². The van der Waals surface area contributed by atoms with E-state index >= 15 is 0 Å². The van der Waals surface area contributed by atoms with Crippen molar-refractivity contribution < 1.29 is 5.11 Å². The third-order valence-corrected chi connectivity index (χ3v) is 3.42. The maximum absolute atomic E-state index is 9.80. The minimum atomic E-state index is 0.293. The SMILES string of the molecule is C=C(Cl)c1c(C)ccc2cc(O)cc(C(C)C)c12. The smallest absolute Gasteiger partial charge is 0.116 e. The van der Waals surface area contributed by atoms with Crippen molar-refractivity contribution in [2.24, 2.45) is 0 Å². The van der Waals surface area contributed by atoms with Crippen LogP contribution >= 0.6 is 11.6 Å². The molecule has 18 heavy (non-hydrogen) atoms. The van der Waals surface area contributed by atoms with Gasteiger partial charge in [-0.2, -0.15) is 0 Å². The first-order valence-electron chi connectivity index (χ1n) is 6.02. The van der Waals surface area contributed by atoms with Gasteiger partial charge in [0.25, 0.3) is 0 Å². The van der Waals surface area contributed by atoms with Crippen molar-refractivity contribution in [1.29, 1.82) is 0 Å². The molecule has 0 atom stereocenters. The van der Waals surface area contributed by atoms with E-state index in [1.807, 2.05) is 25.1 Å². The monoisotopic (exact) mass is 260 g/mol. The average Bonchev–Trinajstić information content (AvgIpc) is 2.27. The van der Waals surface area contributed by atoms with E-state index in [9.17, 15) is 5.11 Å². The van der Waals surface area contributed by atoms with E-state index in [0.29, 0.717) is 16.7 Å². The number of hydrogen-bond acceptors (Lipinski definition) is 1. The van der Waals surface area contributed by atoms with Crippen LogP contribution in [0.1, 0.15) is 36.5 Å². The van der Waals surface area contributed by atoms with Gasteiger partial charge in [-0.05, 0) is 46.9 Å². The van der Waals surface area contributed by atoms with Crippen molar-refractivity contribution in [2.75, 3.05) is 0 Å². The van der Waals surface area contributed by atoms with Gasteiger partial charge >= 0.3 is 0 Å². The summed E-state index contributed by atoms with van der Waals surface area (Å²) in [7, 11) is 0. The fourth-order valence-electron chi connectivity index (χ4n) is 2.39. The molecule has 1 N–H and O–H groups in total. The van der Waals surface area contributed by atoms with E-state index in [2.05, 4.69) is 20.4 Å². The largest absolute Gasteiger partial charge is 0.508 e. The van der Waals surface area contributed by atoms with E-state index in [1.54, 1.807) is 6.07 Å². The lowest BCUT2D eigenvalue weighted by Crippen LogP contribution is -1.95. The molecule has 0 fully saturated rings. The molecule has 0 radical (unpaired) electrons. The van der Waals surface area contributed by atoms with Gasteiger partial charge in [-0.1, -0.05) is 44.2 Å². The molecular weight excluding hydrogens is 244 g/mol. The number of hydrogen-bond donors (Lipinski definition) is 1. The summed E-state index contributed by atoms with van der Waals surface area (Å²) >= 11 is 6.15. The molecule has 2 aromatic rings. The summed E-state index contributed by atoms with van der Waals surface area (Å²) in [5, 5.41) is 12.5. The Balaban J connectivity index is 2.98. The molecule has 0 saturated carbocycles. The number of benzene rings is 2. The highest BCUT2D eigenvalue weighted by molar-refractivity contribution is 6.49. The Kier molecular flexibility index (Phi) is 3.36. The maximum Gasteiger partial charge on any atom is 0.116 e. The predicted octanol–water partition coefficient (Wildman–Crippen LogP) is 5.19. The highest BCUT2D eigenvalue weighted by atomic mass is 35.5. The molecular formula is C16H17ClO. The van der Waals surface area contributed by atoms with Gasteiger partial charge in [0, 0.05) is 10.6 Å². The van der Waals surface area contributed by atoms with E-state index < -0.39 is 0 Å². The second kappa shape index (κ2) is 4.66. The predicted molar refractivity (Wildman–Crippen MR) is 79.3 cm³/mol. The molecule has 0 spiro atoms. The van der Waals surface area contributed by atoms with Crippen molar-refractivity contribution in [3.8, 4) is 5.75 Å². The van der Waals surface area contributed by atoms with Gasteiger partial charge in [-0.3, -0.25) is 0 Å². The number of aromatic hydroxyl groups is 1. The van der Waals surface area contributed by atoms with Gasteiger partial charge in [0.05, 0.1) is 0 Å². The van der Waals surface area contributed by atoms with Crippen LogP contribution in [0, 0.1) is 6.92 Å². The van der Waals surface area contributed by atoms with E-state index in [4.69, 9.17) is 11.6 Å². The lowest BCUT2D eigenvalue weighted by atomic mass is 9.90. The summed E-state index contributed by atoms with van der Waals surface area (Å²) < 4.78 is 0. The molecule has 0 amide bonds. The molecule has 0 saturated heterocycles. The van der Waals surface area contributed by atoms with Crippen LogP contribution in [0.2, 0.25) is 0 Å². The molecule has 0 aliphatic rings. The fraction of sp³-hybridized carbons (Fsp3) is 0.250. The molecule has 0 unspecified atom stereocenters. The van der Waals surface area contributed by atoms with Crippen LogP contribution in [0.25, 0.3) is 15.8 Å². The van der Waals surface area contributed by atoms with Gasteiger partial charge in [0.1, 0.15) is 5.75 Å². The number of phenolic OH excluding ortho intramolecular Hbond substituents is 1. The van der Waals surface area contributed by atoms with Crippen LogP contribution in [-0.2, 0) is 0 Å². The van der Waals surface area contributed by atoms with Gasteiger partial charge in [-0.15, -0.1) is 0 Å². The highest BCUT2D eigenvalue weighted by Gasteiger charge is 2.14. The molecule has 0 aliphatic heterocycles. The van der Waals surface area contributed by atoms with Gasteiger partial charge in [0.15, 0.2) is 0 Å². The second-order valence-electron chi connectivity index (χ2n) is 4.95. The minimum absolute atomic E-state index is 0.293. The van der Waals surface area contributed by atoms with Crippen LogP contribution < -0.4 is 0 Å². The van der Waals surface area contributed by atoms with Crippen molar-refractivity contribution in [2.45, 2.75) is 26.7 Å². The van der Waals surface area contributed by atoms with Crippen molar-refractivity contribution >= 4 is 27.4 Å². The maximum atomic E-state index is 9.80. The summed E-state index contributed by atoms with van der Waals surface area (Å²) in [6.45, 7) is 10.1. The molecule has 0 bridgehead atoms. The van der Waals surface area contributed by atoms with Gasteiger partial charge < -0.3 is 5.11 Å². The molecule has 0 heterocycles. The molecule has 1 nitrogen and oxygen atoms in total. The quantitative estimate of drug-likeness (QED) is 0.788. The van der Waals surface area contributed by atoms with E-state index in [-0.39, 0.29) is 0 Å². The zero-order valence-corrected chi connectivity index (χ0v) is 11.7. The summed E-state index contributed by atoms with van der Waals surface area (Å²) in [5.41, 5.74) is 3.19. The van der Waals surface area contributed by atoms with Crippen LogP contribution in [-0.4, -0.2) is 5.11 Å². The summed E-state index contributed by atoms with van der Waals surface area (Å²) in [4.78, 5) is 0. The van der Waals surface area contributed by atoms with Crippen molar-refractivity contribution in [1.82, 2.24) is 0 Å². The normalized spacial score (nSPS) is 11.2. The minimum Gasteiger partial charge on any atom is -0.508 e. The summed E-state index contributed by atoms with van der Waals surface area (Å²) in [6, 6.07) is 7.61. The van der Waals surface area contributed by atoms with Gasteiger partial charge in [0.2, 0.25) is 0 Å². The molecule has 94 valence electrons. The number of halogens is 1. The highest BCUT2D eigenvalue weighted by Crippen LogP contribution is 2.37. The van der Waals surface area contributed by atoms with Crippen LogP contribution in [0.15, 0.2) is 30.8 Å². The Hall–Kier alpha value is -1.47. The summed E-state index contributed by atoms with van der Waals surface area (Å²) in [5.74, 6) is 0.609. The van der Waals surface area contributed by atoms with Crippen LogP contribution in [0.4, 0.5) is 0 Å². The number of aryl methyl sites for hydroxylation is 1. The summed E-state index contributed by atoms with van der Waals surface area (Å²) in [6.07, 6.45) is 0. The molecule has 0 aromatic heterocycles. The molecule has 2 rings (SSSR count). The molecule has 2 heteroatoms. The number of fused-ring (bicyclic) bond motifs is 1. The lowest BCUT2D eigenvalue weighted by Gasteiger charge is -2.16. The van der Waals surface area contributed by atoms with Gasteiger partial charge in [-0.25, -0.2) is 0 Å². The first-order chi connectivity index (χ1) is 8.41. The number of phenols is 1. The van der Waals surface area contributed by atoms with Crippen molar-refractivity contribution in [3.05, 3.63) is 47.5 Å². The topological polar surface area (TPSA) is 20.2 Å². The lowest BCUT2D eigenvalue weighted by molar-refractivity contribution is 0.475. The Morgan fingerprint density at radius 1 is 1.28 bits per heavy atom. The Morgan fingerprint density at radius 3 is 2.50 bits per heavy atom. The standard InChI is InChI=1S/C16H17ClO/c1-9(2)14-8-13(18)7-12-6-5-10(3)15(11(4)17)16(12)14/h5-9,18H,4H2,1-3H3. The van der Waals surface area contributed by atoms with Crippen LogP contribution in [0.5, 0.6) is 5.75 Å². The Morgan fingerprint density at radius 2 is 1.94 bits per heavy atom. The van der Waals surface area contributed by atoms with E-state index in [0.717, 1.165) is 27.5 Å². The second-order valence-corrected chi connectivity index (χ2v) is 5.41. The molecule has 0 aliphatic carbocycles. The first-order valence-corrected chi connectivity index (χ1v) is 6.40. The zero-order valence-electron chi connectivity index (χ0n) is 10.9. The van der Waals surface area contributed by atoms with Crippen molar-refractivity contribution in [3.63, 3.8) is 0 Å². The first kappa shape index (κ1) is 13.0. The number of rotatable bonds is 2. The average molecular weight is 261 g/mol. The fourth-order valence-corrected chi connectivity index (χ4v) is 2.64. The molecule has 2 aromatic carbocycles. The third kappa shape index (κ3) is 2.11. The third-order valence-electron chi connectivity index (χ3n) is 3.23. The van der Waals surface area contributed by atoms with Crippen LogP contribution in [0.3, 0.4) is 0 Å². The Labute approximate surface area is 113 Å².